The molecule has 1 amide bonds. The third-order valence-corrected chi connectivity index (χ3v) is 3.68. The van der Waals surface area contributed by atoms with Gasteiger partial charge in [0.05, 0.1) is 6.10 Å². The third-order valence-electron chi connectivity index (χ3n) is 3.68. The topological polar surface area (TPSA) is 50.4 Å². The van der Waals surface area contributed by atoms with Crippen molar-refractivity contribution >= 4 is 5.91 Å². The molecule has 2 aromatic carbocycles. The minimum absolute atomic E-state index is 0.00978. The first-order valence-electron chi connectivity index (χ1n) is 8.92. The van der Waals surface area contributed by atoms with E-state index in [4.69, 9.17) is 4.74 Å². The lowest BCUT2D eigenvalue weighted by Gasteiger charge is -2.11. The zero-order valence-corrected chi connectivity index (χ0v) is 15.3. The summed E-state index contributed by atoms with van der Waals surface area (Å²) in [5.74, 6) is 0.883. The van der Waals surface area contributed by atoms with Crippen LogP contribution in [0, 0.1) is 0 Å². The predicted octanol–water partition coefficient (Wildman–Crippen LogP) is 3.90. The van der Waals surface area contributed by atoms with E-state index in [1.165, 1.54) is 5.56 Å². The van der Waals surface area contributed by atoms with Gasteiger partial charge in [0.2, 0.25) is 0 Å². The van der Waals surface area contributed by atoms with Crippen molar-refractivity contribution in [2.24, 2.45) is 0 Å². The van der Waals surface area contributed by atoms with E-state index in [9.17, 15) is 4.79 Å². The highest BCUT2D eigenvalue weighted by molar-refractivity contribution is 5.94. The molecule has 134 valence electrons. The lowest BCUT2D eigenvalue weighted by Crippen LogP contribution is -2.24. The average Bonchev–Trinajstić information content (AvgIpc) is 2.61. The Morgan fingerprint density at radius 1 is 1.04 bits per heavy atom. The molecular weight excluding hydrogens is 312 g/mol. The zero-order valence-electron chi connectivity index (χ0n) is 15.3. The standard InChI is InChI=1S/C21H28N2O2/c1-4-12-23-21(24)19-7-5-6-18(13-19)15-22-14-17-8-10-20(11-9-17)25-16(2)3/h5-11,13,16,22H,4,12,14-15H2,1-3H3,(H,23,24). The first-order valence-corrected chi connectivity index (χ1v) is 8.92. The monoisotopic (exact) mass is 340 g/mol. The van der Waals surface area contributed by atoms with Crippen LogP contribution in [0.5, 0.6) is 5.75 Å². The van der Waals surface area contributed by atoms with Crippen molar-refractivity contribution in [1.29, 1.82) is 0 Å². The van der Waals surface area contributed by atoms with Crippen molar-refractivity contribution < 1.29 is 9.53 Å². The molecule has 0 heterocycles. The summed E-state index contributed by atoms with van der Waals surface area (Å²) in [6, 6.07) is 15.9. The first-order chi connectivity index (χ1) is 12.1. The molecule has 0 fully saturated rings. The molecule has 25 heavy (non-hydrogen) atoms. The molecule has 2 aromatic rings. The maximum Gasteiger partial charge on any atom is 0.251 e. The number of nitrogens with one attached hydrogen (secondary N) is 2. The van der Waals surface area contributed by atoms with Gasteiger partial charge in [0.25, 0.3) is 5.91 Å². The number of benzene rings is 2. The van der Waals surface area contributed by atoms with E-state index in [-0.39, 0.29) is 12.0 Å². The smallest absolute Gasteiger partial charge is 0.251 e. The average molecular weight is 340 g/mol. The van der Waals surface area contributed by atoms with Crippen LogP contribution in [0.25, 0.3) is 0 Å². The van der Waals surface area contributed by atoms with Gasteiger partial charge in [-0.1, -0.05) is 31.2 Å². The number of carbonyl (C=O) groups excluding carboxylic acids is 1. The number of rotatable bonds is 9. The largest absolute Gasteiger partial charge is 0.491 e. The molecule has 0 aliphatic carbocycles. The SMILES string of the molecule is CCCNC(=O)c1cccc(CNCc2ccc(OC(C)C)cc2)c1. The summed E-state index contributed by atoms with van der Waals surface area (Å²) in [6.07, 6.45) is 1.12. The van der Waals surface area contributed by atoms with Gasteiger partial charge in [-0.15, -0.1) is 0 Å². The molecule has 2 N–H and O–H groups in total. The van der Waals surface area contributed by atoms with E-state index in [2.05, 4.69) is 22.8 Å². The number of carbonyl (C=O) groups is 1. The molecular formula is C21H28N2O2. The molecule has 0 aliphatic heterocycles. The maximum absolute atomic E-state index is 12.0. The third kappa shape index (κ3) is 6.59. The first kappa shape index (κ1) is 19.0. The van der Waals surface area contributed by atoms with Crippen LogP contribution in [-0.2, 0) is 13.1 Å². The van der Waals surface area contributed by atoms with E-state index < -0.39 is 0 Å². The quantitative estimate of drug-likeness (QED) is 0.728. The number of ether oxygens (including phenoxy) is 1. The van der Waals surface area contributed by atoms with Gasteiger partial charge in [-0.2, -0.15) is 0 Å². The fraction of sp³-hybridized carbons (Fsp3) is 0.381. The Morgan fingerprint density at radius 3 is 2.44 bits per heavy atom. The minimum atomic E-state index is -0.00978. The summed E-state index contributed by atoms with van der Waals surface area (Å²) in [5, 5.41) is 6.32. The van der Waals surface area contributed by atoms with Crippen LogP contribution in [0.4, 0.5) is 0 Å². The molecule has 4 nitrogen and oxygen atoms in total. The van der Waals surface area contributed by atoms with Crippen LogP contribution in [0.2, 0.25) is 0 Å². The highest BCUT2D eigenvalue weighted by Crippen LogP contribution is 2.14. The summed E-state index contributed by atoms with van der Waals surface area (Å²) in [7, 11) is 0. The lowest BCUT2D eigenvalue weighted by atomic mass is 10.1. The zero-order chi connectivity index (χ0) is 18.1. The Balaban J connectivity index is 1.84. The van der Waals surface area contributed by atoms with E-state index in [1.54, 1.807) is 0 Å². The van der Waals surface area contributed by atoms with Crippen LogP contribution in [0.1, 0.15) is 48.7 Å². The Morgan fingerprint density at radius 2 is 1.76 bits per heavy atom. The van der Waals surface area contributed by atoms with Crippen LogP contribution >= 0.6 is 0 Å². The van der Waals surface area contributed by atoms with Crippen molar-refractivity contribution in [3.63, 3.8) is 0 Å². The van der Waals surface area contributed by atoms with Crippen molar-refractivity contribution in [3.8, 4) is 5.75 Å². The van der Waals surface area contributed by atoms with Gasteiger partial charge < -0.3 is 15.4 Å². The molecule has 0 spiro atoms. The van der Waals surface area contributed by atoms with E-state index >= 15 is 0 Å². The molecule has 0 radical (unpaired) electrons. The molecule has 0 aliphatic rings. The normalized spacial score (nSPS) is 10.7. The van der Waals surface area contributed by atoms with Crippen LogP contribution in [0.3, 0.4) is 0 Å². The highest BCUT2D eigenvalue weighted by atomic mass is 16.5. The highest BCUT2D eigenvalue weighted by Gasteiger charge is 2.05. The number of amides is 1. The molecule has 0 saturated heterocycles. The van der Waals surface area contributed by atoms with Gasteiger partial charge in [-0.05, 0) is 55.7 Å². The summed E-state index contributed by atoms with van der Waals surface area (Å²) >= 11 is 0. The van der Waals surface area contributed by atoms with Crippen LogP contribution in [-0.4, -0.2) is 18.6 Å². The molecule has 2 rings (SSSR count). The summed E-state index contributed by atoms with van der Waals surface area (Å²) in [6.45, 7) is 8.28. The molecule has 0 saturated carbocycles. The fourth-order valence-electron chi connectivity index (χ4n) is 2.47. The van der Waals surface area contributed by atoms with E-state index in [1.807, 2.05) is 57.2 Å². The van der Waals surface area contributed by atoms with Gasteiger partial charge in [-0.25, -0.2) is 0 Å². The number of hydrogen-bond donors (Lipinski definition) is 2. The summed E-state index contributed by atoms with van der Waals surface area (Å²) < 4.78 is 5.65. The predicted molar refractivity (Wildman–Crippen MR) is 102 cm³/mol. The van der Waals surface area contributed by atoms with Crippen molar-refractivity contribution in [1.82, 2.24) is 10.6 Å². The van der Waals surface area contributed by atoms with Crippen LogP contribution < -0.4 is 15.4 Å². The van der Waals surface area contributed by atoms with Crippen LogP contribution in [0.15, 0.2) is 48.5 Å². The summed E-state index contributed by atoms with van der Waals surface area (Å²) in [4.78, 5) is 12.0. The lowest BCUT2D eigenvalue weighted by molar-refractivity contribution is 0.0953. The van der Waals surface area contributed by atoms with E-state index in [0.717, 1.165) is 30.8 Å². The molecule has 4 heteroatoms. The second kappa shape index (κ2) is 9.84. The van der Waals surface area contributed by atoms with Gasteiger partial charge in [0, 0.05) is 25.2 Å². The molecule has 0 aromatic heterocycles. The van der Waals surface area contributed by atoms with Gasteiger partial charge >= 0.3 is 0 Å². The second-order valence-electron chi connectivity index (χ2n) is 6.37. The van der Waals surface area contributed by atoms with Crippen molar-refractivity contribution in [3.05, 3.63) is 65.2 Å². The Kier molecular flexibility index (Phi) is 7.48. The van der Waals surface area contributed by atoms with Crippen molar-refractivity contribution in [2.45, 2.75) is 46.4 Å². The van der Waals surface area contributed by atoms with Gasteiger partial charge in [-0.3, -0.25) is 4.79 Å². The Hall–Kier alpha value is -2.33. The fourth-order valence-corrected chi connectivity index (χ4v) is 2.47. The molecule has 0 unspecified atom stereocenters. The van der Waals surface area contributed by atoms with Gasteiger partial charge in [0.1, 0.15) is 5.75 Å². The Labute approximate surface area is 150 Å². The summed E-state index contributed by atoms with van der Waals surface area (Å²) in [5.41, 5.74) is 3.01. The van der Waals surface area contributed by atoms with Gasteiger partial charge in [0.15, 0.2) is 0 Å². The second-order valence-corrected chi connectivity index (χ2v) is 6.37. The molecule has 0 atom stereocenters. The minimum Gasteiger partial charge on any atom is -0.491 e. The Bertz CT molecular complexity index is 666. The number of hydrogen-bond acceptors (Lipinski definition) is 3. The van der Waals surface area contributed by atoms with Crippen molar-refractivity contribution in [2.75, 3.05) is 6.54 Å². The maximum atomic E-state index is 12.0. The van der Waals surface area contributed by atoms with E-state index in [0.29, 0.717) is 12.1 Å². The molecule has 0 bridgehead atoms.